The first-order chi connectivity index (χ1) is 20.5. The maximum Gasteiger partial charge on any atom is 0.255 e. The lowest BCUT2D eigenvalue weighted by Gasteiger charge is -2.46. The van der Waals surface area contributed by atoms with Gasteiger partial charge in [-0.1, -0.05) is 43.7 Å². The summed E-state index contributed by atoms with van der Waals surface area (Å²) in [5, 5.41) is 2.37. The minimum atomic E-state index is -0.593. The molecule has 3 amide bonds. The normalized spacial score (nSPS) is 26.6. The van der Waals surface area contributed by atoms with Crippen LogP contribution in [0.3, 0.4) is 0 Å². The second kappa shape index (κ2) is 11.6. The van der Waals surface area contributed by atoms with E-state index < -0.39 is 6.04 Å². The summed E-state index contributed by atoms with van der Waals surface area (Å²) in [7, 11) is 0. The Morgan fingerprint density at radius 1 is 0.953 bits per heavy atom. The molecule has 3 aliphatic heterocycles. The molecule has 7 nitrogen and oxygen atoms in total. The molecule has 2 fully saturated rings. The van der Waals surface area contributed by atoms with Gasteiger partial charge in [-0.25, -0.2) is 4.39 Å². The van der Waals surface area contributed by atoms with Crippen molar-refractivity contribution in [2.45, 2.75) is 91.0 Å². The van der Waals surface area contributed by atoms with Crippen LogP contribution in [0, 0.1) is 11.2 Å². The van der Waals surface area contributed by atoms with Crippen LogP contribution in [0.25, 0.3) is 5.57 Å². The Labute approximate surface area is 254 Å². The summed E-state index contributed by atoms with van der Waals surface area (Å²) in [6, 6.07) is 13.2. The fourth-order valence-electron chi connectivity index (χ4n) is 7.58. The number of amides is 3. The molecule has 6 rings (SSSR count). The van der Waals surface area contributed by atoms with Crippen molar-refractivity contribution < 1.29 is 18.8 Å². The molecule has 43 heavy (non-hydrogen) atoms. The number of hydrogen-bond acceptors (Lipinski definition) is 5. The van der Waals surface area contributed by atoms with E-state index in [0.29, 0.717) is 30.6 Å². The van der Waals surface area contributed by atoms with Gasteiger partial charge in [-0.3, -0.25) is 29.5 Å². The summed E-state index contributed by atoms with van der Waals surface area (Å²) in [5.74, 6) is -0.979. The van der Waals surface area contributed by atoms with E-state index in [1.165, 1.54) is 16.7 Å². The van der Waals surface area contributed by atoms with Crippen LogP contribution in [0.1, 0.15) is 86.8 Å². The van der Waals surface area contributed by atoms with Crippen LogP contribution in [-0.2, 0) is 22.7 Å². The van der Waals surface area contributed by atoms with E-state index in [0.717, 1.165) is 56.6 Å². The van der Waals surface area contributed by atoms with Crippen LogP contribution >= 0.6 is 0 Å². The third kappa shape index (κ3) is 6.18. The number of rotatable bonds is 6. The van der Waals surface area contributed by atoms with Gasteiger partial charge < -0.3 is 4.90 Å². The van der Waals surface area contributed by atoms with E-state index >= 15 is 0 Å². The molecule has 1 N–H and O–H groups in total. The maximum atomic E-state index is 13.7. The highest BCUT2D eigenvalue weighted by molar-refractivity contribution is 6.05. The molecule has 3 unspecified atom stereocenters. The molecule has 2 saturated heterocycles. The van der Waals surface area contributed by atoms with E-state index in [9.17, 15) is 18.8 Å². The SMILES string of the molecule is CC1CN(Cc2ccc3c(c2)CN(C2CCC(=O)NC2=O)C3=O)CC(C)N1CC1=C(c2ccc(F)cc2)CC(C)(C)CC1. The Bertz CT molecular complexity index is 1450. The molecule has 228 valence electrons. The van der Waals surface area contributed by atoms with Gasteiger partial charge in [0, 0.05) is 56.8 Å². The maximum absolute atomic E-state index is 13.7. The van der Waals surface area contributed by atoms with E-state index in [1.807, 2.05) is 24.3 Å². The van der Waals surface area contributed by atoms with Gasteiger partial charge in [0.05, 0.1) is 0 Å². The number of benzene rings is 2. The van der Waals surface area contributed by atoms with Crippen molar-refractivity contribution in [3.63, 3.8) is 0 Å². The summed E-state index contributed by atoms with van der Waals surface area (Å²) in [6.07, 6.45) is 3.88. The highest BCUT2D eigenvalue weighted by Gasteiger charge is 2.39. The number of nitrogens with one attached hydrogen (secondary N) is 1. The van der Waals surface area contributed by atoms with Crippen molar-refractivity contribution in [1.29, 1.82) is 0 Å². The number of carbonyl (C=O) groups excluding carboxylic acids is 3. The molecule has 1 aliphatic carbocycles. The average Bonchev–Trinajstić information content (AvgIpc) is 3.26. The smallest absolute Gasteiger partial charge is 0.255 e. The Balaban J connectivity index is 1.12. The lowest BCUT2D eigenvalue weighted by Crippen LogP contribution is -2.56. The second-order valence-electron chi connectivity index (χ2n) is 13.9. The molecule has 4 aliphatic rings. The molecule has 2 aromatic carbocycles. The highest BCUT2D eigenvalue weighted by atomic mass is 19.1. The van der Waals surface area contributed by atoms with E-state index in [1.54, 1.807) is 17.0 Å². The predicted octanol–water partition coefficient (Wildman–Crippen LogP) is 5.15. The number of imide groups is 1. The van der Waals surface area contributed by atoms with Crippen molar-refractivity contribution in [2.24, 2.45) is 5.41 Å². The third-order valence-electron chi connectivity index (χ3n) is 9.92. The van der Waals surface area contributed by atoms with Crippen molar-refractivity contribution in [3.8, 4) is 0 Å². The van der Waals surface area contributed by atoms with E-state index in [4.69, 9.17) is 0 Å². The molecule has 0 spiro atoms. The van der Waals surface area contributed by atoms with Crippen molar-refractivity contribution >= 4 is 23.3 Å². The quantitative estimate of drug-likeness (QED) is 0.475. The van der Waals surface area contributed by atoms with Gasteiger partial charge in [-0.2, -0.15) is 0 Å². The summed E-state index contributed by atoms with van der Waals surface area (Å²) in [4.78, 5) is 43.8. The largest absolute Gasteiger partial charge is 0.322 e. The standard InChI is InChI=1S/C35H43FN4O3/c1-22-17-38(19-24-5-10-29-27(15-24)21-40(34(29)43)31-11-12-32(41)37-33(31)42)18-23(2)39(22)20-26-13-14-35(3,4)16-30(26)25-6-8-28(36)9-7-25/h5-10,15,22-23,31H,11-14,16-21H2,1-4H3,(H,37,41,42). The topological polar surface area (TPSA) is 73.0 Å². The second-order valence-corrected chi connectivity index (χ2v) is 13.9. The van der Waals surface area contributed by atoms with Crippen LogP contribution in [0.5, 0.6) is 0 Å². The minimum Gasteiger partial charge on any atom is -0.322 e. The molecular weight excluding hydrogens is 543 g/mol. The number of nitrogens with zero attached hydrogens (tertiary/aromatic N) is 3. The number of piperidine rings is 1. The highest BCUT2D eigenvalue weighted by Crippen LogP contribution is 2.43. The van der Waals surface area contributed by atoms with Gasteiger partial charge in [0.2, 0.25) is 11.8 Å². The van der Waals surface area contributed by atoms with Gasteiger partial charge in [0.15, 0.2) is 0 Å². The molecule has 2 aromatic rings. The van der Waals surface area contributed by atoms with Crippen molar-refractivity contribution in [1.82, 2.24) is 20.0 Å². The Kier molecular flexibility index (Phi) is 8.03. The van der Waals surface area contributed by atoms with Gasteiger partial charge >= 0.3 is 0 Å². The molecule has 0 bridgehead atoms. The monoisotopic (exact) mass is 586 g/mol. The molecular formula is C35H43FN4O3. The lowest BCUT2D eigenvalue weighted by atomic mass is 9.72. The Morgan fingerprint density at radius 2 is 1.67 bits per heavy atom. The zero-order valence-corrected chi connectivity index (χ0v) is 25.8. The lowest BCUT2D eigenvalue weighted by molar-refractivity contribution is -0.136. The number of allylic oxidation sites excluding steroid dienone is 1. The number of carbonyl (C=O) groups is 3. The van der Waals surface area contributed by atoms with Gasteiger partial charge in [0.25, 0.3) is 5.91 Å². The van der Waals surface area contributed by atoms with Gasteiger partial charge in [-0.15, -0.1) is 0 Å². The van der Waals surface area contributed by atoms with Gasteiger partial charge in [-0.05, 0) is 85.4 Å². The molecule has 0 saturated carbocycles. The van der Waals surface area contributed by atoms with Crippen LogP contribution in [0.2, 0.25) is 0 Å². The number of hydrogen-bond donors (Lipinski definition) is 1. The van der Waals surface area contributed by atoms with Crippen LogP contribution in [0.4, 0.5) is 4.39 Å². The average molecular weight is 587 g/mol. The van der Waals surface area contributed by atoms with Crippen molar-refractivity contribution in [3.05, 3.63) is 76.1 Å². The number of piperazine rings is 1. The zero-order chi connectivity index (χ0) is 30.5. The summed E-state index contributed by atoms with van der Waals surface area (Å²) < 4.78 is 13.7. The summed E-state index contributed by atoms with van der Waals surface area (Å²) >= 11 is 0. The molecule has 3 heterocycles. The first kappa shape index (κ1) is 29.7. The molecule has 0 aromatic heterocycles. The molecule has 3 atom stereocenters. The predicted molar refractivity (Wildman–Crippen MR) is 164 cm³/mol. The van der Waals surface area contributed by atoms with Crippen molar-refractivity contribution in [2.75, 3.05) is 19.6 Å². The molecule has 8 heteroatoms. The number of fused-ring (bicyclic) bond motifs is 1. The van der Waals surface area contributed by atoms with Crippen LogP contribution < -0.4 is 5.32 Å². The minimum absolute atomic E-state index is 0.132. The van der Waals surface area contributed by atoms with Gasteiger partial charge in [0.1, 0.15) is 11.9 Å². The Hall–Kier alpha value is -3.36. The first-order valence-electron chi connectivity index (χ1n) is 15.7. The summed E-state index contributed by atoms with van der Waals surface area (Å²) in [6.45, 7) is 13.3. The van der Waals surface area contributed by atoms with Crippen LogP contribution in [0.15, 0.2) is 48.0 Å². The molecule has 0 radical (unpaired) electrons. The fraction of sp³-hybridized carbons (Fsp3) is 0.514. The fourth-order valence-corrected chi connectivity index (χ4v) is 7.58. The summed E-state index contributed by atoms with van der Waals surface area (Å²) in [5.41, 5.74) is 7.03. The first-order valence-corrected chi connectivity index (χ1v) is 15.7. The van der Waals surface area contributed by atoms with E-state index in [-0.39, 0.29) is 35.4 Å². The third-order valence-corrected chi connectivity index (χ3v) is 9.92. The number of halogens is 1. The Morgan fingerprint density at radius 3 is 2.37 bits per heavy atom. The van der Waals surface area contributed by atoms with E-state index in [2.05, 4.69) is 48.9 Å². The van der Waals surface area contributed by atoms with Crippen LogP contribution in [-0.4, -0.2) is 70.2 Å². The zero-order valence-electron chi connectivity index (χ0n) is 25.8.